The van der Waals surface area contributed by atoms with E-state index in [9.17, 15) is 4.79 Å². The predicted molar refractivity (Wildman–Crippen MR) is 96.1 cm³/mol. The average Bonchev–Trinajstić information content (AvgIpc) is 2.51. The van der Waals surface area contributed by atoms with Gasteiger partial charge in [0, 0.05) is 26.1 Å². The molecule has 0 rings (SSSR count). The number of hydrogen-bond donors (Lipinski definition) is 2. The van der Waals surface area contributed by atoms with Crippen molar-refractivity contribution in [1.82, 2.24) is 10.4 Å². The third-order valence-electron chi connectivity index (χ3n) is 3.64. The van der Waals surface area contributed by atoms with Gasteiger partial charge in [-0.3, -0.25) is 10.2 Å². The Kier molecular flexibility index (Phi) is 21.9. The van der Waals surface area contributed by atoms with Crippen LogP contribution in [-0.2, 0) is 4.79 Å². The van der Waals surface area contributed by atoms with Gasteiger partial charge in [0.25, 0.3) is 0 Å². The highest BCUT2D eigenvalue weighted by molar-refractivity contribution is 5.66. The van der Waals surface area contributed by atoms with Gasteiger partial charge in [-0.1, -0.05) is 79.1 Å². The first-order chi connectivity index (χ1) is 10.6. The van der Waals surface area contributed by atoms with Crippen LogP contribution in [-0.4, -0.2) is 35.7 Å². The molecule has 0 saturated heterocycles. The summed E-state index contributed by atoms with van der Waals surface area (Å²) >= 11 is 0. The van der Waals surface area contributed by atoms with Crippen LogP contribution in [0, 0.1) is 0 Å². The van der Waals surface area contributed by atoms with Gasteiger partial charge in [-0.25, -0.2) is 5.01 Å². The number of unbranched alkanes of at least 4 members (excludes halogenated alkanes) is 8. The normalized spacial score (nSPS) is 10.4. The quantitative estimate of drug-likeness (QED) is 0.355. The number of hydrogen-bond acceptors (Lipinski definition) is 3. The molecule has 0 unspecified atom stereocenters. The van der Waals surface area contributed by atoms with Crippen LogP contribution in [0.3, 0.4) is 0 Å². The minimum Gasteiger partial charge on any atom is -0.481 e. The first kappa shape index (κ1) is 23.7. The lowest BCUT2D eigenvalue weighted by Gasteiger charge is -2.17. The number of hydrazine groups is 1. The fraction of sp³-hybridized carbons (Fsp3) is 0.944. The standard InChI is InChI=1S/C12H24O2.C6H16N2/c1-2-3-4-5-6-7-8-9-10-11-12(13)14;1-4-7-8(5-2)6-3/h2-11H2,1H3,(H,13,14);7H,4-6H2,1-3H3. The molecule has 0 aromatic carbocycles. The number of carboxylic acids is 1. The molecule has 0 aliphatic heterocycles. The molecule has 0 spiro atoms. The zero-order valence-corrected chi connectivity index (χ0v) is 15.5. The highest BCUT2D eigenvalue weighted by Gasteiger charge is 1.96. The second-order valence-corrected chi connectivity index (χ2v) is 5.66. The number of aliphatic carboxylic acids is 1. The number of carboxylic acid groups (broad SMARTS) is 1. The monoisotopic (exact) mass is 316 g/mol. The molecule has 4 heteroatoms. The van der Waals surface area contributed by atoms with Gasteiger partial charge in [-0.2, -0.15) is 0 Å². The van der Waals surface area contributed by atoms with Crippen LogP contribution in [0.1, 0.15) is 91.9 Å². The molecule has 22 heavy (non-hydrogen) atoms. The number of carbonyl (C=O) groups is 1. The molecule has 0 aliphatic rings. The van der Waals surface area contributed by atoms with Crippen molar-refractivity contribution >= 4 is 5.97 Å². The highest BCUT2D eigenvalue weighted by Crippen LogP contribution is 2.10. The Morgan fingerprint density at radius 1 is 0.818 bits per heavy atom. The van der Waals surface area contributed by atoms with Crippen LogP contribution >= 0.6 is 0 Å². The molecule has 2 N–H and O–H groups in total. The zero-order valence-electron chi connectivity index (χ0n) is 15.5. The molecule has 0 bridgehead atoms. The first-order valence-corrected chi connectivity index (χ1v) is 9.32. The van der Waals surface area contributed by atoms with Crippen molar-refractivity contribution in [2.45, 2.75) is 91.9 Å². The summed E-state index contributed by atoms with van der Waals surface area (Å²) in [7, 11) is 0. The summed E-state index contributed by atoms with van der Waals surface area (Å²) < 4.78 is 0. The summed E-state index contributed by atoms with van der Waals surface area (Å²) in [5.74, 6) is -0.659. The number of nitrogens with zero attached hydrogens (tertiary/aromatic N) is 1. The molecule has 0 heterocycles. The molecule has 0 aromatic rings. The maximum absolute atomic E-state index is 10.2. The van der Waals surface area contributed by atoms with Crippen LogP contribution in [0.2, 0.25) is 0 Å². The van der Waals surface area contributed by atoms with Gasteiger partial charge < -0.3 is 5.11 Å². The van der Waals surface area contributed by atoms with Crippen molar-refractivity contribution < 1.29 is 9.90 Å². The third-order valence-corrected chi connectivity index (χ3v) is 3.64. The van der Waals surface area contributed by atoms with E-state index in [-0.39, 0.29) is 0 Å². The van der Waals surface area contributed by atoms with Crippen molar-refractivity contribution in [3.8, 4) is 0 Å². The maximum Gasteiger partial charge on any atom is 0.303 e. The van der Waals surface area contributed by atoms with Crippen LogP contribution in [0.25, 0.3) is 0 Å². The topological polar surface area (TPSA) is 52.6 Å². The Morgan fingerprint density at radius 2 is 1.27 bits per heavy atom. The van der Waals surface area contributed by atoms with Crippen LogP contribution in [0.15, 0.2) is 0 Å². The molecule has 134 valence electrons. The third kappa shape index (κ3) is 21.7. The maximum atomic E-state index is 10.2. The van der Waals surface area contributed by atoms with E-state index < -0.39 is 5.97 Å². The van der Waals surface area contributed by atoms with E-state index in [1.165, 1.54) is 44.9 Å². The summed E-state index contributed by atoms with van der Waals surface area (Å²) in [6.07, 6.45) is 11.5. The van der Waals surface area contributed by atoms with Gasteiger partial charge in [0.1, 0.15) is 0 Å². The van der Waals surface area contributed by atoms with E-state index in [0.717, 1.165) is 32.5 Å². The number of nitrogens with one attached hydrogen (secondary N) is 1. The summed E-state index contributed by atoms with van der Waals surface area (Å²) in [5, 5.41) is 10.6. The molecular formula is C18H40N2O2. The largest absolute Gasteiger partial charge is 0.481 e. The van der Waals surface area contributed by atoms with E-state index in [2.05, 4.69) is 38.1 Å². The lowest BCUT2D eigenvalue weighted by molar-refractivity contribution is -0.137. The Labute approximate surface area is 138 Å². The molecule has 0 aliphatic carbocycles. The van der Waals surface area contributed by atoms with Gasteiger partial charge in [0.05, 0.1) is 0 Å². The second-order valence-electron chi connectivity index (χ2n) is 5.66. The van der Waals surface area contributed by atoms with E-state index >= 15 is 0 Å². The van der Waals surface area contributed by atoms with E-state index in [1.807, 2.05) is 0 Å². The van der Waals surface area contributed by atoms with Crippen molar-refractivity contribution in [3.63, 3.8) is 0 Å². The van der Waals surface area contributed by atoms with Crippen LogP contribution < -0.4 is 5.43 Å². The lowest BCUT2D eigenvalue weighted by atomic mass is 10.1. The molecule has 0 radical (unpaired) electrons. The molecule has 0 fully saturated rings. The van der Waals surface area contributed by atoms with Gasteiger partial charge in [-0.05, 0) is 6.42 Å². The fourth-order valence-electron chi connectivity index (χ4n) is 2.26. The summed E-state index contributed by atoms with van der Waals surface area (Å²) in [6.45, 7) is 11.8. The predicted octanol–water partition coefficient (Wildman–Crippen LogP) is 4.84. The average molecular weight is 317 g/mol. The molecule has 0 aromatic heterocycles. The van der Waals surface area contributed by atoms with Gasteiger partial charge in [-0.15, -0.1) is 0 Å². The van der Waals surface area contributed by atoms with Crippen LogP contribution in [0.4, 0.5) is 0 Å². The second kappa shape index (κ2) is 20.4. The van der Waals surface area contributed by atoms with Gasteiger partial charge >= 0.3 is 5.97 Å². The lowest BCUT2D eigenvalue weighted by Crippen LogP contribution is -2.37. The molecule has 0 atom stereocenters. The van der Waals surface area contributed by atoms with Crippen molar-refractivity contribution in [1.29, 1.82) is 0 Å². The zero-order chi connectivity index (χ0) is 17.1. The molecular weight excluding hydrogens is 276 g/mol. The molecule has 0 saturated carbocycles. The summed E-state index contributed by atoms with van der Waals surface area (Å²) in [6, 6.07) is 0. The van der Waals surface area contributed by atoms with E-state index in [0.29, 0.717) is 6.42 Å². The number of rotatable bonds is 14. The summed E-state index contributed by atoms with van der Waals surface area (Å²) in [5.41, 5.74) is 3.22. The van der Waals surface area contributed by atoms with E-state index in [1.54, 1.807) is 0 Å². The Morgan fingerprint density at radius 3 is 1.59 bits per heavy atom. The van der Waals surface area contributed by atoms with Crippen molar-refractivity contribution in [3.05, 3.63) is 0 Å². The van der Waals surface area contributed by atoms with E-state index in [4.69, 9.17) is 5.11 Å². The Balaban J connectivity index is 0. The minimum absolute atomic E-state index is 0.343. The van der Waals surface area contributed by atoms with Gasteiger partial charge in [0.15, 0.2) is 0 Å². The highest BCUT2D eigenvalue weighted by atomic mass is 16.4. The van der Waals surface area contributed by atoms with Crippen molar-refractivity contribution in [2.24, 2.45) is 0 Å². The smallest absolute Gasteiger partial charge is 0.303 e. The molecule has 0 amide bonds. The Hall–Kier alpha value is -0.610. The van der Waals surface area contributed by atoms with Crippen molar-refractivity contribution in [2.75, 3.05) is 19.6 Å². The SMILES string of the molecule is CCCCCCCCCCCC(=O)O.CCNN(CC)CC. The molecule has 4 nitrogen and oxygen atoms in total. The van der Waals surface area contributed by atoms with Gasteiger partial charge in [0.2, 0.25) is 0 Å². The summed E-state index contributed by atoms with van der Waals surface area (Å²) in [4.78, 5) is 10.2. The fourth-order valence-corrected chi connectivity index (χ4v) is 2.26. The first-order valence-electron chi connectivity index (χ1n) is 9.32. The Bertz CT molecular complexity index is 219. The minimum atomic E-state index is -0.659. The van der Waals surface area contributed by atoms with Crippen LogP contribution in [0.5, 0.6) is 0 Å².